The summed E-state index contributed by atoms with van der Waals surface area (Å²) in [5, 5.41) is 0.126. The fourth-order valence-electron chi connectivity index (χ4n) is 1.38. The van der Waals surface area contributed by atoms with E-state index in [0.29, 0.717) is 0 Å². The Labute approximate surface area is 127 Å². The molecule has 0 fully saturated rings. The van der Waals surface area contributed by atoms with E-state index < -0.39 is 15.8 Å². The minimum absolute atomic E-state index is 0.0900. The smallest absolute Gasteiger partial charge is 0.271 e. The summed E-state index contributed by atoms with van der Waals surface area (Å²) in [6, 6.07) is 5.06. The van der Waals surface area contributed by atoms with Gasteiger partial charge in [-0.15, -0.1) is 11.3 Å². The Morgan fingerprint density at radius 2 is 2.00 bits per heavy atom. The third-order valence-corrected chi connectivity index (χ3v) is 6.42. The van der Waals surface area contributed by atoms with Crippen LogP contribution >= 0.6 is 38.9 Å². The van der Waals surface area contributed by atoms with Crippen LogP contribution in [0.5, 0.6) is 0 Å². The molecule has 8 heteroatoms. The highest BCUT2D eigenvalue weighted by Crippen LogP contribution is 2.32. The van der Waals surface area contributed by atoms with Gasteiger partial charge in [-0.25, -0.2) is 12.8 Å². The average Bonchev–Trinajstić information content (AvgIpc) is 2.57. The predicted molar refractivity (Wildman–Crippen MR) is 79.0 cm³/mol. The molecule has 3 nitrogen and oxygen atoms in total. The molecule has 0 amide bonds. The second-order valence-corrected chi connectivity index (χ2v) is 8.50. The van der Waals surface area contributed by atoms with E-state index in [1.807, 2.05) is 0 Å². The van der Waals surface area contributed by atoms with Crippen molar-refractivity contribution in [3.63, 3.8) is 0 Å². The zero-order valence-electron chi connectivity index (χ0n) is 9.58. The Bertz CT molecular complexity index is 691. The highest BCUT2D eigenvalue weighted by molar-refractivity contribution is 9.11. The SMILES string of the molecule is Cc1cc(S(=O)(=O)Nc2cc(F)cc(Cl)c2)sc1Br. The normalized spacial score (nSPS) is 11.6. The second kappa shape index (κ2) is 5.40. The minimum atomic E-state index is -3.74. The van der Waals surface area contributed by atoms with Gasteiger partial charge in [0.15, 0.2) is 0 Å². The van der Waals surface area contributed by atoms with Gasteiger partial charge in [0.1, 0.15) is 10.0 Å². The molecule has 1 N–H and O–H groups in total. The van der Waals surface area contributed by atoms with Crippen molar-refractivity contribution in [3.05, 3.63) is 44.5 Å². The summed E-state index contributed by atoms with van der Waals surface area (Å²) >= 11 is 10.0. The van der Waals surface area contributed by atoms with E-state index in [1.165, 1.54) is 12.1 Å². The topological polar surface area (TPSA) is 46.2 Å². The van der Waals surface area contributed by atoms with Crippen LogP contribution in [0.15, 0.2) is 32.3 Å². The van der Waals surface area contributed by atoms with Crippen LogP contribution in [0, 0.1) is 12.7 Å². The van der Waals surface area contributed by atoms with Gasteiger partial charge < -0.3 is 0 Å². The summed E-state index contributed by atoms with van der Waals surface area (Å²) in [5.41, 5.74) is 0.912. The molecule has 0 aliphatic rings. The van der Waals surface area contributed by atoms with Gasteiger partial charge in [0.05, 0.1) is 9.47 Å². The van der Waals surface area contributed by atoms with Crippen molar-refractivity contribution in [1.82, 2.24) is 0 Å². The Hall–Kier alpha value is -0.630. The standard InChI is InChI=1S/C11H8BrClFNO2S2/c1-6-2-10(18-11(6)12)19(16,17)15-9-4-7(13)3-8(14)5-9/h2-5,15H,1H3. The number of rotatable bonds is 3. The van der Waals surface area contributed by atoms with Crippen molar-refractivity contribution in [3.8, 4) is 0 Å². The fraction of sp³-hybridized carbons (Fsp3) is 0.0909. The van der Waals surface area contributed by atoms with E-state index in [-0.39, 0.29) is 14.9 Å². The largest absolute Gasteiger partial charge is 0.279 e. The highest BCUT2D eigenvalue weighted by Gasteiger charge is 2.18. The van der Waals surface area contributed by atoms with E-state index in [1.54, 1.807) is 6.92 Å². The Kier molecular flexibility index (Phi) is 4.20. The van der Waals surface area contributed by atoms with Gasteiger partial charge >= 0.3 is 0 Å². The van der Waals surface area contributed by atoms with Crippen LogP contribution in [0.3, 0.4) is 0 Å². The highest BCUT2D eigenvalue weighted by atomic mass is 79.9. The molecule has 0 saturated carbocycles. The van der Waals surface area contributed by atoms with Crippen LogP contribution in [0.1, 0.15) is 5.56 Å². The Balaban J connectivity index is 2.36. The predicted octanol–water partition coefficient (Wildman–Crippen LogP) is 4.41. The first-order chi connectivity index (χ1) is 8.78. The van der Waals surface area contributed by atoms with Crippen molar-refractivity contribution < 1.29 is 12.8 Å². The van der Waals surface area contributed by atoms with Crippen molar-refractivity contribution in [1.29, 1.82) is 0 Å². The van der Waals surface area contributed by atoms with Gasteiger partial charge in [0, 0.05) is 5.02 Å². The van der Waals surface area contributed by atoms with Crippen molar-refractivity contribution in [2.24, 2.45) is 0 Å². The van der Waals surface area contributed by atoms with E-state index in [0.717, 1.165) is 32.8 Å². The molecule has 0 bridgehead atoms. The van der Waals surface area contributed by atoms with Crippen LogP contribution < -0.4 is 4.72 Å². The maximum absolute atomic E-state index is 13.1. The third kappa shape index (κ3) is 3.47. The summed E-state index contributed by atoms with van der Waals surface area (Å²) in [7, 11) is -3.74. The van der Waals surface area contributed by atoms with Gasteiger partial charge in [-0.1, -0.05) is 11.6 Å². The lowest BCUT2D eigenvalue weighted by Crippen LogP contribution is -2.11. The van der Waals surface area contributed by atoms with Gasteiger partial charge in [-0.05, 0) is 52.7 Å². The number of sulfonamides is 1. The lowest BCUT2D eigenvalue weighted by Gasteiger charge is -2.06. The Morgan fingerprint density at radius 1 is 1.32 bits per heavy atom. The van der Waals surface area contributed by atoms with Gasteiger partial charge in [0.2, 0.25) is 0 Å². The van der Waals surface area contributed by atoms with E-state index in [4.69, 9.17) is 11.6 Å². The van der Waals surface area contributed by atoms with Crippen LogP contribution in [0.25, 0.3) is 0 Å². The van der Waals surface area contributed by atoms with E-state index in [2.05, 4.69) is 20.7 Å². The molecule has 2 rings (SSSR count). The Morgan fingerprint density at radius 3 is 2.53 bits per heavy atom. The lowest BCUT2D eigenvalue weighted by molar-refractivity contribution is 0.603. The molecule has 0 unspecified atom stereocenters. The first kappa shape index (κ1) is 14.8. The number of thiophene rings is 1. The molecule has 1 heterocycles. The van der Waals surface area contributed by atoms with Crippen molar-refractivity contribution in [2.75, 3.05) is 4.72 Å². The zero-order chi connectivity index (χ0) is 14.2. The quantitative estimate of drug-likeness (QED) is 0.852. The molecule has 2 aromatic rings. The number of nitrogens with one attached hydrogen (secondary N) is 1. The first-order valence-electron chi connectivity index (χ1n) is 5.03. The molecular weight excluding hydrogens is 377 g/mol. The number of hydrogen-bond acceptors (Lipinski definition) is 3. The van der Waals surface area contributed by atoms with Crippen LogP contribution in [-0.4, -0.2) is 8.42 Å². The maximum atomic E-state index is 13.1. The monoisotopic (exact) mass is 383 g/mol. The molecule has 0 aliphatic carbocycles. The van der Waals surface area contributed by atoms with Crippen LogP contribution in [0.4, 0.5) is 10.1 Å². The molecular formula is C11H8BrClFNO2S2. The zero-order valence-corrected chi connectivity index (χ0v) is 13.6. The molecule has 0 aliphatic heterocycles. The number of halogens is 3. The molecule has 0 atom stereocenters. The van der Waals surface area contributed by atoms with Crippen molar-refractivity contribution in [2.45, 2.75) is 11.1 Å². The average molecular weight is 385 g/mol. The molecule has 0 radical (unpaired) electrons. The van der Waals surface area contributed by atoms with E-state index in [9.17, 15) is 12.8 Å². The van der Waals surface area contributed by atoms with Crippen LogP contribution in [0.2, 0.25) is 5.02 Å². The lowest BCUT2D eigenvalue weighted by atomic mass is 10.3. The van der Waals surface area contributed by atoms with Crippen LogP contribution in [-0.2, 0) is 10.0 Å². The molecule has 19 heavy (non-hydrogen) atoms. The summed E-state index contributed by atoms with van der Waals surface area (Å²) in [6.45, 7) is 1.79. The summed E-state index contributed by atoms with van der Waals surface area (Å²) in [4.78, 5) is 0. The summed E-state index contributed by atoms with van der Waals surface area (Å²) in [6.07, 6.45) is 0. The maximum Gasteiger partial charge on any atom is 0.271 e. The van der Waals surface area contributed by atoms with E-state index >= 15 is 0 Å². The second-order valence-electron chi connectivity index (χ2n) is 3.79. The summed E-state index contributed by atoms with van der Waals surface area (Å²) < 4.78 is 40.5. The third-order valence-electron chi connectivity index (χ3n) is 2.21. The van der Waals surface area contributed by atoms with Gasteiger partial charge in [-0.3, -0.25) is 4.72 Å². The van der Waals surface area contributed by atoms with Crippen molar-refractivity contribution >= 4 is 54.6 Å². The van der Waals surface area contributed by atoms with Gasteiger partial charge in [0.25, 0.3) is 10.0 Å². The molecule has 102 valence electrons. The minimum Gasteiger partial charge on any atom is -0.279 e. The molecule has 0 saturated heterocycles. The number of anilines is 1. The number of aryl methyl sites for hydroxylation is 1. The molecule has 0 spiro atoms. The fourth-order valence-corrected chi connectivity index (χ4v) is 4.87. The molecule has 1 aromatic heterocycles. The van der Waals surface area contributed by atoms with Gasteiger partial charge in [-0.2, -0.15) is 0 Å². The number of hydrogen-bond donors (Lipinski definition) is 1. The summed E-state index contributed by atoms with van der Waals surface area (Å²) in [5.74, 6) is -0.603. The number of benzene rings is 1. The molecule has 1 aromatic carbocycles. The first-order valence-corrected chi connectivity index (χ1v) is 8.50.